The largest absolute Gasteiger partial charge is 0.462 e. The number of nitrogens with one attached hydrogen (secondary N) is 2. The zero-order chi connectivity index (χ0) is 27.2. The van der Waals surface area contributed by atoms with Gasteiger partial charge in [0.15, 0.2) is 0 Å². The number of amides is 2. The maximum atomic E-state index is 13.0. The van der Waals surface area contributed by atoms with E-state index in [1.807, 2.05) is 6.07 Å². The van der Waals surface area contributed by atoms with Crippen LogP contribution in [-0.4, -0.2) is 50.2 Å². The van der Waals surface area contributed by atoms with Gasteiger partial charge in [0.25, 0.3) is 11.8 Å². The fourth-order valence-electron chi connectivity index (χ4n) is 3.64. The van der Waals surface area contributed by atoms with Crippen molar-refractivity contribution in [3.8, 4) is 0 Å². The molecule has 2 amide bonds. The first-order valence-corrected chi connectivity index (χ1v) is 14.0. The molecular weight excluding hydrogens is 514 g/mol. The predicted molar refractivity (Wildman–Crippen MR) is 144 cm³/mol. The van der Waals surface area contributed by atoms with Crippen LogP contribution in [0.15, 0.2) is 59.5 Å². The quantitative estimate of drug-likeness (QED) is 0.355. The summed E-state index contributed by atoms with van der Waals surface area (Å²) in [7, 11) is -3.67. The van der Waals surface area contributed by atoms with E-state index < -0.39 is 27.8 Å². The Morgan fingerprint density at radius 1 is 0.892 bits per heavy atom. The molecule has 0 bridgehead atoms. The van der Waals surface area contributed by atoms with Crippen LogP contribution in [0, 0.1) is 6.92 Å². The van der Waals surface area contributed by atoms with Crippen molar-refractivity contribution in [3.63, 3.8) is 0 Å². The molecule has 1 aromatic heterocycles. The Morgan fingerprint density at radius 2 is 1.51 bits per heavy atom. The van der Waals surface area contributed by atoms with Gasteiger partial charge in [-0.1, -0.05) is 32.0 Å². The fraction of sp³-hybridized carbons (Fsp3) is 0.269. The first kappa shape index (κ1) is 28.0. The molecule has 37 heavy (non-hydrogen) atoms. The minimum Gasteiger partial charge on any atom is -0.462 e. The molecule has 0 aliphatic heterocycles. The molecule has 0 aliphatic carbocycles. The van der Waals surface area contributed by atoms with Gasteiger partial charge in [0.05, 0.1) is 21.9 Å². The normalized spacial score (nSPS) is 11.3. The average Bonchev–Trinajstić information content (AvgIpc) is 3.21. The summed E-state index contributed by atoms with van der Waals surface area (Å²) >= 11 is 0.961. The number of carbonyl (C=O) groups is 3. The monoisotopic (exact) mass is 543 g/mol. The highest BCUT2D eigenvalue weighted by Crippen LogP contribution is 2.35. The SMILES string of the molecule is CCOC(=O)c1c(NC(=O)c2ccc(S(=O)(=O)N(CC)CC)cc2)sc(C(=O)Nc2ccccc2)c1C. The molecule has 0 atom stereocenters. The van der Waals surface area contributed by atoms with E-state index in [-0.39, 0.29) is 32.5 Å². The lowest BCUT2D eigenvalue weighted by Gasteiger charge is -2.18. The van der Waals surface area contributed by atoms with Gasteiger partial charge in [-0.15, -0.1) is 11.3 Å². The second-order valence-corrected chi connectivity index (χ2v) is 10.8. The number of nitrogens with zero attached hydrogens (tertiary/aromatic N) is 1. The van der Waals surface area contributed by atoms with Crippen molar-refractivity contribution >= 4 is 49.8 Å². The number of esters is 1. The summed E-state index contributed by atoms with van der Waals surface area (Å²) in [5, 5.41) is 5.63. The first-order chi connectivity index (χ1) is 17.6. The molecule has 2 N–H and O–H groups in total. The number of para-hydroxylation sites is 1. The zero-order valence-corrected chi connectivity index (χ0v) is 22.7. The van der Waals surface area contributed by atoms with Crippen molar-refractivity contribution in [2.45, 2.75) is 32.6 Å². The third-order valence-corrected chi connectivity index (χ3v) is 8.82. The lowest BCUT2D eigenvalue weighted by molar-refractivity contribution is 0.0527. The number of anilines is 2. The number of sulfonamides is 1. The number of benzene rings is 2. The molecule has 0 fully saturated rings. The van der Waals surface area contributed by atoms with Gasteiger partial charge in [0, 0.05) is 24.3 Å². The fourth-order valence-corrected chi connectivity index (χ4v) is 6.19. The minimum absolute atomic E-state index is 0.0757. The van der Waals surface area contributed by atoms with E-state index in [1.165, 1.54) is 28.6 Å². The smallest absolute Gasteiger partial charge is 0.341 e. The van der Waals surface area contributed by atoms with E-state index in [0.29, 0.717) is 24.3 Å². The Balaban J connectivity index is 1.90. The molecule has 0 spiro atoms. The maximum Gasteiger partial charge on any atom is 0.341 e. The van der Waals surface area contributed by atoms with Gasteiger partial charge in [-0.2, -0.15) is 4.31 Å². The van der Waals surface area contributed by atoms with Crippen LogP contribution >= 0.6 is 11.3 Å². The first-order valence-electron chi connectivity index (χ1n) is 11.7. The average molecular weight is 544 g/mol. The van der Waals surface area contributed by atoms with Crippen molar-refractivity contribution in [1.82, 2.24) is 4.31 Å². The summed E-state index contributed by atoms with van der Waals surface area (Å²) in [6, 6.07) is 14.4. The molecule has 196 valence electrons. The number of hydrogen-bond acceptors (Lipinski definition) is 7. The van der Waals surface area contributed by atoms with Crippen LogP contribution in [0.4, 0.5) is 10.7 Å². The Hall–Kier alpha value is -3.54. The summed E-state index contributed by atoms with van der Waals surface area (Å²) in [5.74, 6) is -1.65. The molecule has 0 saturated carbocycles. The zero-order valence-electron chi connectivity index (χ0n) is 21.0. The Morgan fingerprint density at radius 3 is 2.08 bits per heavy atom. The Bertz CT molecular complexity index is 1380. The van der Waals surface area contributed by atoms with Crippen LogP contribution in [0.5, 0.6) is 0 Å². The summed E-state index contributed by atoms with van der Waals surface area (Å²) in [6.07, 6.45) is 0. The van der Waals surface area contributed by atoms with Gasteiger partial charge in [-0.3, -0.25) is 9.59 Å². The van der Waals surface area contributed by atoms with E-state index >= 15 is 0 Å². The maximum absolute atomic E-state index is 13.0. The van der Waals surface area contributed by atoms with E-state index in [0.717, 1.165) is 11.3 Å². The molecule has 2 aromatic carbocycles. The highest BCUT2D eigenvalue weighted by atomic mass is 32.2. The van der Waals surface area contributed by atoms with Gasteiger partial charge in [0.2, 0.25) is 10.0 Å². The Labute approximate surface area is 220 Å². The highest BCUT2D eigenvalue weighted by Gasteiger charge is 2.27. The second-order valence-electron chi connectivity index (χ2n) is 7.87. The van der Waals surface area contributed by atoms with Crippen LogP contribution in [-0.2, 0) is 14.8 Å². The van der Waals surface area contributed by atoms with Gasteiger partial charge < -0.3 is 15.4 Å². The summed E-state index contributed by atoms with van der Waals surface area (Å²) in [4.78, 5) is 39.0. The second kappa shape index (κ2) is 12.1. The van der Waals surface area contributed by atoms with Crippen molar-refractivity contribution in [2.24, 2.45) is 0 Å². The topological polar surface area (TPSA) is 122 Å². The van der Waals surface area contributed by atoms with E-state index in [4.69, 9.17) is 4.74 Å². The molecule has 0 aliphatic rings. The standard InChI is InChI=1S/C26H29N3O6S2/c1-5-29(6-2)37(33,34)20-15-13-18(14-16-20)23(30)28-25-21(26(32)35-7-3)17(4)22(36-25)24(31)27-19-11-9-8-10-12-19/h8-16H,5-7H2,1-4H3,(H,27,31)(H,28,30). The van der Waals surface area contributed by atoms with Gasteiger partial charge in [-0.05, 0) is 55.8 Å². The number of hydrogen-bond donors (Lipinski definition) is 2. The third kappa shape index (κ3) is 6.24. The molecule has 0 saturated heterocycles. The highest BCUT2D eigenvalue weighted by molar-refractivity contribution is 7.89. The molecule has 1 heterocycles. The van der Waals surface area contributed by atoms with Crippen LogP contribution < -0.4 is 10.6 Å². The Kier molecular flexibility index (Phi) is 9.19. The van der Waals surface area contributed by atoms with Gasteiger partial charge >= 0.3 is 5.97 Å². The van der Waals surface area contributed by atoms with Crippen LogP contribution in [0.3, 0.4) is 0 Å². The number of carbonyl (C=O) groups excluding carboxylic acids is 3. The molecule has 0 radical (unpaired) electrons. The van der Waals surface area contributed by atoms with Gasteiger partial charge in [-0.25, -0.2) is 13.2 Å². The summed E-state index contributed by atoms with van der Waals surface area (Å²) in [5.41, 5.74) is 1.25. The number of ether oxygens (including phenoxy) is 1. The molecule has 0 unspecified atom stereocenters. The summed E-state index contributed by atoms with van der Waals surface area (Å²) < 4.78 is 31.9. The van der Waals surface area contributed by atoms with Crippen LogP contribution in [0.25, 0.3) is 0 Å². The van der Waals surface area contributed by atoms with Crippen molar-refractivity contribution in [1.29, 1.82) is 0 Å². The lowest BCUT2D eigenvalue weighted by atomic mass is 10.1. The van der Waals surface area contributed by atoms with E-state index in [2.05, 4.69) is 10.6 Å². The lowest BCUT2D eigenvalue weighted by Crippen LogP contribution is -2.30. The minimum atomic E-state index is -3.67. The van der Waals surface area contributed by atoms with Crippen LogP contribution in [0.1, 0.15) is 56.7 Å². The van der Waals surface area contributed by atoms with E-state index in [1.54, 1.807) is 52.0 Å². The third-order valence-electron chi connectivity index (χ3n) is 5.55. The van der Waals surface area contributed by atoms with Crippen LogP contribution in [0.2, 0.25) is 0 Å². The molecule has 11 heteroatoms. The molecule has 3 aromatic rings. The predicted octanol–water partition coefficient (Wildman–Crippen LogP) is 4.77. The summed E-state index contributed by atoms with van der Waals surface area (Å²) in [6.45, 7) is 7.56. The van der Waals surface area contributed by atoms with Crippen molar-refractivity contribution < 1.29 is 27.5 Å². The van der Waals surface area contributed by atoms with Gasteiger partial charge in [0.1, 0.15) is 5.00 Å². The number of rotatable bonds is 10. The van der Waals surface area contributed by atoms with Crippen molar-refractivity contribution in [3.05, 3.63) is 76.2 Å². The molecule has 9 nitrogen and oxygen atoms in total. The van der Waals surface area contributed by atoms with E-state index in [9.17, 15) is 22.8 Å². The molecule has 3 rings (SSSR count). The van der Waals surface area contributed by atoms with Crippen molar-refractivity contribution in [2.75, 3.05) is 30.3 Å². The number of thiophene rings is 1. The molecular formula is C26H29N3O6S2.